The van der Waals surface area contributed by atoms with E-state index in [0.29, 0.717) is 86.2 Å². The fourth-order valence-electron chi connectivity index (χ4n) is 15.3. The van der Waals surface area contributed by atoms with E-state index in [1.165, 1.54) is 60.7 Å². The fraction of sp³-hybridized carbons (Fsp3) is 0.0123. The second-order valence-electron chi connectivity index (χ2n) is 25.0. The van der Waals surface area contributed by atoms with Crippen LogP contribution in [0, 0.1) is 0 Å². The van der Waals surface area contributed by atoms with Crippen molar-refractivity contribution in [2.75, 3.05) is 19.6 Å². The van der Waals surface area contributed by atoms with E-state index in [4.69, 9.17) is 18.9 Å². The summed E-state index contributed by atoms with van der Waals surface area (Å²) >= 11 is 0. The largest absolute Gasteiger partial charge is 0.478 e. The molecule has 528 valence electrons. The van der Waals surface area contributed by atoms with Crippen molar-refractivity contribution in [2.45, 2.75) is 7.43 Å². The Labute approximate surface area is 606 Å². The van der Waals surface area contributed by atoms with Crippen LogP contribution in [-0.4, -0.2) is 117 Å². The zero-order valence-corrected chi connectivity index (χ0v) is 54.2. The number of fused-ring (bicyclic) bond motifs is 4. The van der Waals surface area contributed by atoms with Crippen molar-refractivity contribution in [1.82, 2.24) is 0 Å². The van der Waals surface area contributed by atoms with Crippen molar-refractivity contribution in [3.8, 4) is 23.0 Å². The Morgan fingerprint density at radius 2 is 0.404 bits per heavy atom. The number of anilines is 4. The quantitative estimate of drug-likeness (QED) is 0.0302. The summed E-state index contributed by atoms with van der Waals surface area (Å²) in [5.74, 6) is -12.0. The molecule has 14 aromatic rings. The number of amides is 8. The second kappa shape index (κ2) is 24.6. The molecular formula is C81H40N4O24. The highest BCUT2D eigenvalue weighted by Gasteiger charge is 2.42. The van der Waals surface area contributed by atoms with Crippen LogP contribution in [0.2, 0.25) is 0 Å². The first-order valence-corrected chi connectivity index (χ1v) is 31.9. The van der Waals surface area contributed by atoms with E-state index < -0.39 is 93.4 Å². The molecule has 8 amide bonds. The van der Waals surface area contributed by atoms with Gasteiger partial charge in [0, 0.05) is 102 Å². The van der Waals surface area contributed by atoms with Gasteiger partial charge in [0.2, 0.25) is 0 Å². The summed E-state index contributed by atoms with van der Waals surface area (Å²) in [6, 6.07) is 39.7. The third-order valence-corrected chi connectivity index (χ3v) is 19.6. The Hall–Kier alpha value is -16.0. The predicted octanol–water partition coefficient (Wildman–Crippen LogP) is 12.2. The van der Waals surface area contributed by atoms with Crippen molar-refractivity contribution in [3.63, 3.8) is 0 Å². The number of carbonyl (C=O) groups is 16. The van der Waals surface area contributed by atoms with Gasteiger partial charge < -0.3 is 39.4 Å². The van der Waals surface area contributed by atoms with Crippen LogP contribution < -0.4 is 38.5 Å². The molecule has 0 atom stereocenters. The molecule has 4 aliphatic heterocycles. The molecule has 4 heterocycles. The van der Waals surface area contributed by atoms with E-state index >= 15 is 0 Å². The van der Waals surface area contributed by atoms with Crippen molar-refractivity contribution < 1.29 is 116 Å². The number of rotatable bonds is 16. The van der Waals surface area contributed by atoms with E-state index in [1.807, 2.05) is 0 Å². The predicted molar refractivity (Wildman–Crippen MR) is 387 cm³/mol. The van der Waals surface area contributed by atoms with Crippen molar-refractivity contribution in [2.24, 2.45) is 0 Å². The molecule has 28 nitrogen and oxygen atoms in total. The van der Waals surface area contributed by atoms with Crippen molar-refractivity contribution >= 4 is 206 Å². The number of ether oxygens (including phenoxy) is 4. The molecule has 0 bridgehead atoms. The number of nitrogens with zero attached hydrogens (tertiary/aromatic N) is 4. The Morgan fingerprint density at radius 1 is 0.239 bits per heavy atom. The van der Waals surface area contributed by atoms with Crippen LogP contribution in [0.4, 0.5) is 22.7 Å². The van der Waals surface area contributed by atoms with E-state index in [0.717, 1.165) is 56.0 Å². The number of aromatic carboxylic acids is 4. The van der Waals surface area contributed by atoms with Gasteiger partial charge in [-0.1, -0.05) is 56.0 Å². The summed E-state index contributed by atoms with van der Waals surface area (Å²) in [7, 11) is 0. The Kier molecular flexibility index (Phi) is 15.2. The van der Waals surface area contributed by atoms with Gasteiger partial charge in [0.15, 0.2) is 0 Å². The van der Waals surface area contributed by atoms with Gasteiger partial charge in [-0.15, -0.1) is 0 Å². The molecule has 0 fully saturated rings. The second-order valence-corrected chi connectivity index (χ2v) is 25.0. The molecule has 0 saturated carbocycles. The minimum absolute atomic E-state index is 0. The normalized spacial score (nSPS) is 13.6. The molecule has 0 aromatic heterocycles. The van der Waals surface area contributed by atoms with E-state index in [2.05, 4.69) is 0 Å². The molecule has 18 rings (SSSR count). The minimum Gasteiger partial charge on any atom is -0.478 e. The van der Waals surface area contributed by atoms with Crippen LogP contribution in [0.3, 0.4) is 0 Å². The summed E-state index contributed by atoms with van der Waals surface area (Å²) in [5.41, 5.74) is -0.918. The van der Waals surface area contributed by atoms with Gasteiger partial charge in [0.25, 0.3) is 73.1 Å². The smallest absolute Gasteiger partial charge is 0.335 e. The first kappa shape index (κ1) is 67.5. The van der Waals surface area contributed by atoms with Crippen LogP contribution in [0.15, 0.2) is 170 Å². The standard InChI is InChI=1S/2C40H18N2O12.CH4/c2*43-15-53-21-12-20(13-22(14-21)54-16-44)42-37(47)29-7-3-25-23-1-5-27-33-28(6-2-24(31(23)33)26-4-8-30(38(42)48)34(29)32(25)26)36(46)41(35(27)45)19-10-17(39(49)50)9-18(11-19)40(51)52;/h2*1-16H,(H,49,50)(H,51,52);1H4. The first-order chi connectivity index (χ1) is 52.0. The Morgan fingerprint density at radius 3 is 0.560 bits per heavy atom. The highest BCUT2D eigenvalue weighted by Crippen LogP contribution is 2.51. The van der Waals surface area contributed by atoms with Crippen LogP contribution in [-0.2, 0) is 19.2 Å². The van der Waals surface area contributed by atoms with Crippen LogP contribution in [0.25, 0.3) is 86.2 Å². The van der Waals surface area contributed by atoms with E-state index in [-0.39, 0.29) is 124 Å². The zero-order valence-electron chi connectivity index (χ0n) is 54.2. The van der Waals surface area contributed by atoms with Gasteiger partial charge in [-0.05, 0) is 150 Å². The number of benzene rings is 14. The van der Waals surface area contributed by atoms with Gasteiger partial charge in [0.1, 0.15) is 23.0 Å². The molecule has 0 radical (unpaired) electrons. The molecule has 109 heavy (non-hydrogen) atoms. The SMILES string of the molecule is C.O=COc1cc(OC=O)cc(N2C(=O)c3ccc4c5ccc6c7c(ccc(c8ccc(c3c48)C2=O)c75)C(=O)N(c2cc(C(=O)O)cc(C(=O)O)c2)C6=O)c1.O=COc1cc(OC=O)cc(N2C(=O)c3ccc4c5ccc6c7c(ccc(c8ccc(c3c48)C2=O)c75)C(=O)N(c2cc(C(=O)O)cc(C(=O)O)c2)C6=O)c1. The average molecular weight is 1450 g/mol. The molecule has 0 aliphatic carbocycles. The average Bonchev–Trinajstić information content (AvgIpc) is 0.693. The summed E-state index contributed by atoms with van der Waals surface area (Å²) in [6.45, 7) is 0.584. The zero-order chi connectivity index (χ0) is 75.5. The monoisotopic (exact) mass is 1450 g/mol. The lowest BCUT2D eigenvalue weighted by atomic mass is 9.82. The third kappa shape index (κ3) is 9.78. The van der Waals surface area contributed by atoms with E-state index in [1.54, 1.807) is 72.8 Å². The molecule has 28 heteroatoms. The van der Waals surface area contributed by atoms with Gasteiger partial charge in [-0.3, -0.25) is 57.5 Å². The Bertz CT molecular complexity index is 6010. The number of hydrogen-bond acceptors (Lipinski definition) is 20. The number of hydrogen-bond donors (Lipinski definition) is 4. The van der Waals surface area contributed by atoms with E-state index in [9.17, 15) is 97.1 Å². The highest BCUT2D eigenvalue weighted by atomic mass is 16.5. The maximum atomic E-state index is 14.1. The molecule has 0 spiro atoms. The molecule has 0 unspecified atom stereocenters. The summed E-state index contributed by atoms with van der Waals surface area (Å²) < 4.78 is 19.7. The van der Waals surface area contributed by atoms with Gasteiger partial charge in [0.05, 0.1) is 45.0 Å². The Balaban J connectivity index is 0.000000164. The fourth-order valence-corrected chi connectivity index (χ4v) is 15.3. The summed E-state index contributed by atoms with van der Waals surface area (Å²) in [6.07, 6.45) is 0. The van der Waals surface area contributed by atoms with Gasteiger partial charge in [-0.2, -0.15) is 0 Å². The highest BCUT2D eigenvalue weighted by molar-refractivity contribution is 6.48. The molecular weight excluding hydrogens is 1410 g/mol. The summed E-state index contributed by atoms with van der Waals surface area (Å²) in [5, 5.41) is 47.2. The minimum atomic E-state index is -1.44. The maximum absolute atomic E-state index is 14.1. The van der Waals surface area contributed by atoms with Crippen molar-refractivity contribution in [3.05, 3.63) is 237 Å². The third-order valence-electron chi connectivity index (χ3n) is 19.6. The van der Waals surface area contributed by atoms with Crippen LogP contribution >= 0.6 is 0 Å². The number of carboxylic acids is 4. The molecule has 0 saturated heterocycles. The topological polar surface area (TPSA) is 404 Å². The van der Waals surface area contributed by atoms with Crippen LogP contribution in [0.5, 0.6) is 23.0 Å². The lowest BCUT2D eigenvalue weighted by Gasteiger charge is -2.30. The van der Waals surface area contributed by atoms with Crippen molar-refractivity contribution in [1.29, 1.82) is 0 Å². The molecule has 4 aliphatic rings. The van der Waals surface area contributed by atoms with Gasteiger partial charge in [-0.25, -0.2) is 38.8 Å². The summed E-state index contributed by atoms with van der Waals surface area (Å²) in [4.78, 5) is 208. The number of carbonyl (C=O) groups excluding carboxylic acids is 12. The number of imide groups is 4. The lowest BCUT2D eigenvalue weighted by molar-refractivity contribution is -0.122. The van der Waals surface area contributed by atoms with Gasteiger partial charge >= 0.3 is 23.9 Å². The molecule has 14 aromatic carbocycles. The van der Waals surface area contributed by atoms with Crippen LogP contribution in [0.1, 0.15) is 132 Å². The first-order valence-electron chi connectivity index (χ1n) is 31.9. The lowest BCUT2D eigenvalue weighted by Crippen LogP contribution is -2.40. The number of carboxylic acid groups (broad SMARTS) is 4. The molecule has 4 N–H and O–H groups in total. The maximum Gasteiger partial charge on any atom is 0.335 e.